The number of rotatable bonds is 7. The molecule has 1 atom stereocenters. The summed E-state index contributed by atoms with van der Waals surface area (Å²) in [6.07, 6.45) is 1.61. The van der Waals surface area contributed by atoms with Crippen molar-refractivity contribution in [3.63, 3.8) is 0 Å². The number of thiocarbonyl (C=S) groups is 1. The van der Waals surface area contributed by atoms with Crippen molar-refractivity contribution in [2.75, 3.05) is 27.3 Å². The molecule has 0 aliphatic rings. The number of likely N-dealkylation sites (N-methyl/N-ethyl adjacent to an activating group) is 1. The highest BCUT2D eigenvalue weighted by Gasteiger charge is 2.23. The lowest BCUT2D eigenvalue weighted by Gasteiger charge is -2.22. The number of nitrogens with two attached hydrogens (primary N) is 1. The first-order valence-electron chi connectivity index (χ1n) is 5.07. The van der Waals surface area contributed by atoms with E-state index in [2.05, 4.69) is 0 Å². The smallest absolute Gasteiger partial charge is 0.232 e. The largest absolute Gasteiger partial charge is 0.393 e. The van der Waals surface area contributed by atoms with Crippen molar-refractivity contribution in [3.05, 3.63) is 0 Å². The summed E-state index contributed by atoms with van der Waals surface area (Å²) in [5.41, 5.74) is 5.54. The SMILES string of the molecule is CCCC(C(=O)N(C)CCOC)C(N)=S. The van der Waals surface area contributed by atoms with Crippen LogP contribution in [0.4, 0.5) is 0 Å². The summed E-state index contributed by atoms with van der Waals surface area (Å²) < 4.78 is 4.90. The van der Waals surface area contributed by atoms with Gasteiger partial charge < -0.3 is 15.4 Å². The van der Waals surface area contributed by atoms with Crippen molar-refractivity contribution in [2.45, 2.75) is 19.8 Å². The molecule has 0 saturated heterocycles. The number of amides is 1. The molecule has 4 nitrogen and oxygen atoms in total. The molecule has 0 aromatic heterocycles. The van der Waals surface area contributed by atoms with Crippen LogP contribution in [0.3, 0.4) is 0 Å². The molecule has 0 bridgehead atoms. The highest BCUT2D eigenvalue weighted by Crippen LogP contribution is 2.10. The van der Waals surface area contributed by atoms with Gasteiger partial charge in [-0.05, 0) is 6.42 Å². The maximum absolute atomic E-state index is 11.9. The van der Waals surface area contributed by atoms with E-state index in [0.29, 0.717) is 19.6 Å². The Labute approximate surface area is 96.8 Å². The first kappa shape index (κ1) is 14.3. The van der Waals surface area contributed by atoms with Crippen LogP contribution in [0.1, 0.15) is 19.8 Å². The third-order valence-electron chi connectivity index (χ3n) is 2.23. The number of carbonyl (C=O) groups excluding carboxylic acids is 1. The first-order valence-corrected chi connectivity index (χ1v) is 5.48. The number of nitrogens with zero attached hydrogens (tertiary/aromatic N) is 1. The van der Waals surface area contributed by atoms with Crippen LogP contribution < -0.4 is 5.73 Å². The Hall–Kier alpha value is -0.680. The summed E-state index contributed by atoms with van der Waals surface area (Å²) in [6.45, 7) is 3.10. The van der Waals surface area contributed by atoms with E-state index >= 15 is 0 Å². The first-order chi connectivity index (χ1) is 7.04. The monoisotopic (exact) mass is 232 g/mol. The lowest BCUT2D eigenvalue weighted by Crippen LogP contribution is -2.40. The van der Waals surface area contributed by atoms with Gasteiger partial charge in [0.15, 0.2) is 0 Å². The van der Waals surface area contributed by atoms with Gasteiger partial charge in [-0.25, -0.2) is 0 Å². The zero-order chi connectivity index (χ0) is 11.8. The van der Waals surface area contributed by atoms with E-state index in [1.165, 1.54) is 0 Å². The molecule has 1 unspecified atom stereocenters. The van der Waals surface area contributed by atoms with Crippen molar-refractivity contribution in [1.82, 2.24) is 4.90 Å². The summed E-state index contributed by atoms with van der Waals surface area (Å²) in [5, 5.41) is 0. The molecule has 0 aliphatic carbocycles. The Bertz CT molecular complexity index is 221. The Balaban J connectivity index is 4.28. The molecule has 0 aromatic rings. The van der Waals surface area contributed by atoms with Crippen LogP contribution in [-0.4, -0.2) is 43.1 Å². The second kappa shape index (κ2) is 7.59. The molecule has 5 heteroatoms. The fourth-order valence-electron chi connectivity index (χ4n) is 1.28. The van der Waals surface area contributed by atoms with Gasteiger partial charge in [0, 0.05) is 20.7 Å². The quantitative estimate of drug-likeness (QED) is 0.660. The summed E-state index contributed by atoms with van der Waals surface area (Å²) in [6, 6.07) is 0. The van der Waals surface area contributed by atoms with Crippen LogP contribution in [0.15, 0.2) is 0 Å². The van der Waals surface area contributed by atoms with Crippen LogP contribution >= 0.6 is 12.2 Å². The van der Waals surface area contributed by atoms with E-state index in [9.17, 15) is 4.79 Å². The van der Waals surface area contributed by atoms with Crippen LogP contribution in [0.2, 0.25) is 0 Å². The van der Waals surface area contributed by atoms with Gasteiger partial charge in [0.2, 0.25) is 5.91 Å². The van der Waals surface area contributed by atoms with Gasteiger partial charge in [0.05, 0.1) is 17.5 Å². The van der Waals surface area contributed by atoms with Gasteiger partial charge in [-0.2, -0.15) is 0 Å². The lowest BCUT2D eigenvalue weighted by atomic mass is 10.0. The van der Waals surface area contributed by atoms with Gasteiger partial charge >= 0.3 is 0 Å². The summed E-state index contributed by atoms with van der Waals surface area (Å²) >= 11 is 4.89. The molecule has 0 aromatic carbocycles. The Kier molecular flexibility index (Phi) is 7.25. The minimum absolute atomic E-state index is 0.0126. The van der Waals surface area contributed by atoms with Crippen molar-refractivity contribution >= 4 is 23.1 Å². The predicted octanol–water partition coefficient (Wildman–Crippen LogP) is 0.794. The highest BCUT2D eigenvalue weighted by atomic mass is 32.1. The van der Waals surface area contributed by atoms with Crippen LogP contribution in [0, 0.1) is 5.92 Å². The fraction of sp³-hybridized carbons (Fsp3) is 0.800. The third-order valence-corrected chi connectivity index (χ3v) is 2.51. The Morgan fingerprint density at radius 1 is 1.60 bits per heavy atom. The number of methoxy groups -OCH3 is 1. The number of ether oxygens (including phenoxy) is 1. The fourth-order valence-corrected chi connectivity index (χ4v) is 1.50. The third kappa shape index (κ3) is 5.09. The second-order valence-electron chi connectivity index (χ2n) is 3.50. The molecule has 0 heterocycles. The molecule has 0 aliphatic heterocycles. The maximum atomic E-state index is 11.9. The molecule has 88 valence electrons. The van der Waals surface area contributed by atoms with Gasteiger partial charge in [-0.3, -0.25) is 4.79 Å². The van der Waals surface area contributed by atoms with Crippen molar-refractivity contribution in [2.24, 2.45) is 11.7 Å². The average Bonchev–Trinajstić information content (AvgIpc) is 2.21. The van der Waals surface area contributed by atoms with Crippen LogP contribution in [-0.2, 0) is 9.53 Å². The minimum atomic E-state index is -0.327. The number of carbonyl (C=O) groups is 1. The van der Waals surface area contributed by atoms with Crippen LogP contribution in [0.5, 0.6) is 0 Å². The molecule has 0 saturated carbocycles. The minimum Gasteiger partial charge on any atom is -0.393 e. The van der Waals surface area contributed by atoms with E-state index in [0.717, 1.165) is 6.42 Å². The van der Waals surface area contributed by atoms with Crippen molar-refractivity contribution in [1.29, 1.82) is 0 Å². The molecule has 0 rings (SSSR count). The zero-order valence-electron chi connectivity index (χ0n) is 9.66. The Morgan fingerprint density at radius 2 is 2.20 bits per heavy atom. The molecule has 0 fully saturated rings. The van der Waals surface area contributed by atoms with Crippen molar-refractivity contribution in [3.8, 4) is 0 Å². The molecule has 2 N–H and O–H groups in total. The van der Waals surface area contributed by atoms with E-state index in [1.54, 1.807) is 19.1 Å². The number of hydrogen-bond acceptors (Lipinski definition) is 3. The molecule has 0 spiro atoms. The van der Waals surface area contributed by atoms with Gasteiger partial charge in [0.25, 0.3) is 0 Å². The standard InChI is InChI=1S/C10H20N2O2S/c1-4-5-8(9(11)15)10(13)12(2)6-7-14-3/h8H,4-7H2,1-3H3,(H2,11,15). The lowest BCUT2D eigenvalue weighted by molar-refractivity contribution is -0.132. The average molecular weight is 232 g/mol. The summed E-state index contributed by atoms with van der Waals surface area (Å²) in [7, 11) is 3.34. The summed E-state index contributed by atoms with van der Waals surface area (Å²) in [4.78, 5) is 13.8. The molecule has 0 radical (unpaired) electrons. The van der Waals surface area contributed by atoms with E-state index in [4.69, 9.17) is 22.7 Å². The summed E-state index contributed by atoms with van der Waals surface area (Å²) in [5.74, 6) is -0.340. The van der Waals surface area contributed by atoms with Crippen LogP contribution in [0.25, 0.3) is 0 Å². The molecule has 1 amide bonds. The van der Waals surface area contributed by atoms with Gasteiger partial charge in [-0.15, -0.1) is 0 Å². The van der Waals surface area contributed by atoms with E-state index in [1.807, 2.05) is 6.92 Å². The highest BCUT2D eigenvalue weighted by molar-refractivity contribution is 7.80. The molecular formula is C10H20N2O2S. The predicted molar refractivity (Wildman–Crippen MR) is 64.7 cm³/mol. The number of hydrogen-bond donors (Lipinski definition) is 1. The topological polar surface area (TPSA) is 55.6 Å². The molecule has 15 heavy (non-hydrogen) atoms. The Morgan fingerprint density at radius 3 is 2.60 bits per heavy atom. The van der Waals surface area contributed by atoms with E-state index in [-0.39, 0.29) is 16.8 Å². The normalized spacial score (nSPS) is 12.2. The van der Waals surface area contributed by atoms with Crippen molar-refractivity contribution < 1.29 is 9.53 Å². The van der Waals surface area contributed by atoms with Gasteiger partial charge in [-0.1, -0.05) is 25.6 Å². The maximum Gasteiger partial charge on any atom is 0.232 e. The van der Waals surface area contributed by atoms with Gasteiger partial charge in [0.1, 0.15) is 0 Å². The van der Waals surface area contributed by atoms with E-state index < -0.39 is 0 Å². The zero-order valence-corrected chi connectivity index (χ0v) is 10.5. The second-order valence-corrected chi connectivity index (χ2v) is 3.97. The molecular weight excluding hydrogens is 212 g/mol.